The molecule has 0 aliphatic heterocycles. The number of nitrogens with one attached hydrogen (secondary N) is 1. The Morgan fingerprint density at radius 1 is 1.17 bits per heavy atom. The predicted octanol–water partition coefficient (Wildman–Crippen LogP) is 2.46. The summed E-state index contributed by atoms with van der Waals surface area (Å²) in [6, 6.07) is 7.49. The summed E-state index contributed by atoms with van der Waals surface area (Å²) in [5, 5.41) is 2.97. The van der Waals surface area contributed by atoms with Crippen LogP contribution in [0.3, 0.4) is 0 Å². The van der Waals surface area contributed by atoms with Gasteiger partial charge in [0, 0.05) is 31.9 Å². The molecule has 0 radical (unpaired) electrons. The first kappa shape index (κ1) is 17.3. The van der Waals surface area contributed by atoms with Crippen LogP contribution in [0.5, 0.6) is 0 Å². The molecule has 5 heteroatoms. The van der Waals surface area contributed by atoms with Crippen molar-refractivity contribution in [3.8, 4) is 0 Å². The molecular weight excluding hydrogens is 292 g/mol. The van der Waals surface area contributed by atoms with Crippen molar-refractivity contribution in [2.24, 2.45) is 11.8 Å². The summed E-state index contributed by atoms with van der Waals surface area (Å²) < 4.78 is 4.89. The highest BCUT2D eigenvalue weighted by Crippen LogP contribution is 2.30. The van der Waals surface area contributed by atoms with Crippen molar-refractivity contribution in [2.45, 2.75) is 25.7 Å². The number of amides is 1. The molecule has 1 aromatic rings. The molecule has 5 nitrogen and oxygen atoms in total. The Labute approximate surface area is 138 Å². The zero-order valence-electron chi connectivity index (χ0n) is 14.2. The van der Waals surface area contributed by atoms with Gasteiger partial charge in [0.25, 0.3) is 5.91 Å². The lowest BCUT2D eigenvalue weighted by molar-refractivity contribution is -0.148. The van der Waals surface area contributed by atoms with Crippen molar-refractivity contribution in [3.63, 3.8) is 0 Å². The minimum Gasteiger partial charge on any atom is -0.469 e. The fourth-order valence-corrected chi connectivity index (χ4v) is 3.15. The number of carbonyl (C=O) groups excluding carboxylic acids is 2. The third-order valence-corrected chi connectivity index (χ3v) is 4.58. The van der Waals surface area contributed by atoms with Crippen molar-refractivity contribution >= 4 is 17.6 Å². The summed E-state index contributed by atoms with van der Waals surface area (Å²) in [4.78, 5) is 26.1. The fraction of sp³-hybridized carbons (Fsp3) is 0.556. The average Bonchev–Trinajstić information content (AvgIpc) is 2.59. The Hall–Kier alpha value is -2.04. The number of hydrogen-bond acceptors (Lipinski definition) is 4. The van der Waals surface area contributed by atoms with E-state index in [2.05, 4.69) is 5.32 Å². The molecule has 1 saturated carbocycles. The first-order chi connectivity index (χ1) is 11.0. The number of ether oxygens (including phenoxy) is 1. The van der Waals surface area contributed by atoms with E-state index >= 15 is 0 Å². The van der Waals surface area contributed by atoms with Crippen LogP contribution in [0.15, 0.2) is 24.3 Å². The first-order valence-corrected chi connectivity index (χ1v) is 8.16. The van der Waals surface area contributed by atoms with Crippen LogP contribution in [0, 0.1) is 11.8 Å². The Morgan fingerprint density at radius 2 is 1.83 bits per heavy atom. The normalized spacial score (nSPS) is 20.7. The molecular formula is C18H26N2O3. The molecule has 2 rings (SSSR count). The predicted molar refractivity (Wildman–Crippen MR) is 90.6 cm³/mol. The van der Waals surface area contributed by atoms with Crippen molar-refractivity contribution < 1.29 is 14.3 Å². The molecule has 0 heterocycles. The number of rotatable bonds is 5. The van der Waals surface area contributed by atoms with Crippen LogP contribution in [-0.2, 0) is 9.53 Å². The lowest BCUT2D eigenvalue weighted by atomic mass is 9.79. The zero-order valence-corrected chi connectivity index (χ0v) is 14.2. The lowest BCUT2D eigenvalue weighted by Gasteiger charge is -2.29. The van der Waals surface area contributed by atoms with Crippen LogP contribution in [0.25, 0.3) is 0 Å². The first-order valence-electron chi connectivity index (χ1n) is 8.16. The van der Waals surface area contributed by atoms with Gasteiger partial charge in [0.05, 0.1) is 13.0 Å². The topological polar surface area (TPSA) is 58.6 Å². The van der Waals surface area contributed by atoms with E-state index in [1.165, 1.54) is 7.11 Å². The van der Waals surface area contributed by atoms with Gasteiger partial charge in [-0.05, 0) is 43.0 Å². The molecule has 1 N–H and O–H groups in total. The highest BCUT2D eigenvalue weighted by Gasteiger charge is 2.31. The maximum atomic E-state index is 12.3. The van der Waals surface area contributed by atoms with E-state index in [0.29, 0.717) is 12.1 Å². The van der Waals surface area contributed by atoms with Crippen molar-refractivity contribution in [2.75, 3.05) is 32.6 Å². The molecule has 126 valence electrons. The highest BCUT2D eigenvalue weighted by atomic mass is 16.5. The molecule has 0 spiro atoms. The SMILES string of the molecule is COC(=O)C1CCCCC1CNC(=O)c1ccc(N(C)C)cc1. The number of benzene rings is 1. The standard InChI is InChI=1S/C18H26N2O3/c1-20(2)15-10-8-13(9-11-15)17(21)19-12-14-6-4-5-7-16(14)18(22)23-3/h8-11,14,16H,4-7,12H2,1-3H3,(H,19,21). The van der Waals surface area contributed by atoms with Gasteiger partial charge in [0.15, 0.2) is 0 Å². The Morgan fingerprint density at radius 3 is 2.43 bits per heavy atom. The van der Waals surface area contributed by atoms with Gasteiger partial charge in [-0.25, -0.2) is 0 Å². The van der Waals surface area contributed by atoms with Crippen LogP contribution >= 0.6 is 0 Å². The summed E-state index contributed by atoms with van der Waals surface area (Å²) in [6.45, 7) is 0.522. The van der Waals surface area contributed by atoms with Crippen LogP contribution in [0.4, 0.5) is 5.69 Å². The molecule has 1 aliphatic rings. The largest absolute Gasteiger partial charge is 0.469 e. The van der Waals surface area contributed by atoms with Gasteiger partial charge in [-0.1, -0.05) is 12.8 Å². The molecule has 0 saturated heterocycles. The summed E-state index contributed by atoms with van der Waals surface area (Å²) in [5.74, 6) is -0.171. The fourth-order valence-electron chi connectivity index (χ4n) is 3.15. The van der Waals surface area contributed by atoms with Gasteiger partial charge < -0.3 is 15.0 Å². The minimum absolute atomic E-state index is 0.0924. The maximum absolute atomic E-state index is 12.3. The molecule has 1 amide bonds. The van der Waals surface area contributed by atoms with Crippen LogP contribution in [0.1, 0.15) is 36.0 Å². The van der Waals surface area contributed by atoms with E-state index in [1.54, 1.807) is 0 Å². The van der Waals surface area contributed by atoms with Crippen LogP contribution < -0.4 is 10.2 Å². The molecule has 1 fully saturated rings. The Bertz CT molecular complexity index is 540. The van der Waals surface area contributed by atoms with E-state index in [0.717, 1.165) is 31.4 Å². The second-order valence-electron chi connectivity index (χ2n) is 6.33. The number of carbonyl (C=O) groups is 2. The van der Waals surface area contributed by atoms with E-state index in [4.69, 9.17) is 4.74 Å². The van der Waals surface area contributed by atoms with Crippen molar-refractivity contribution in [1.29, 1.82) is 0 Å². The number of anilines is 1. The molecule has 1 aliphatic carbocycles. The van der Waals surface area contributed by atoms with Gasteiger partial charge >= 0.3 is 5.97 Å². The average molecular weight is 318 g/mol. The number of methoxy groups -OCH3 is 1. The van der Waals surface area contributed by atoms with E-state index in [1.807, 2.05) is 43.3 Å². The van der Waals surface area contributed by atoms with Gasteiger partial charge in [-0.15, -0.1) is 0 Å². The van der Waals surface area contributed by atoms with Crippen molar-refractivity contribution in [3.05, 3.63) is 29.8 Å². The van der Waals surface area contributed by atoms with Gasteiger partial charge in [-0.2, -0.15) is 0 Å². The van der Waals surface area contributed by atoms with E-state index in [9.17, 15) is 9.59 Å². The monoisotopic (exact) mass is 318 g/mol. The molecule has 0 aromatic heterocycles. The summed E-state index contributed by atoms with van der Waals surface area (Å²) >= 11 is 0. The Balaban J connectivity index is 1.93. The van der Waals surface area contributed by atoms with E-state index in [-0.39, 0.29) is 23.7 Å². The molecule has 2 unspecified atom stereocenters. The van der Waals surface area contributed by atoms with Crippen LogP contribution in [-0.4, -0.2) is 39.6 Å². The second-order valence-corrected chi connectivity index (χ2v) is 6.33. The van der Waals surface area contributed by atoms with Crippen LogP contribution in [0.2, 0.25) is 0 Å². The molecule has 23 heavy (non-hydrogen) atoms. The van der Waals surface area contributed by atoms with E-state index < -0.39 is 0 Å². The second kappa shape index (κ2) is 7.99. The van der Waals surface area contributed by atoms with Gasteiger partial charge in [-0.3, -0.25) is 9.59 Å². The summed E-state index contributed by atoms with van der Waals surface area (Å²) in [7, 11) is 5.36. The number of esters is 1. The van der Waals surface area contributed by atoms with Gasteiger partial charge in [0.2, 0.25) is 0 Å². The smallest absolute Gasteiger partial charge is 0.309 e. The maximum Gasteiger partial charge on any atom is 0.309 e. The summed E-state index contributed by atoms with van der Waals surface area (Å²) in [6.07, 6.45) is 3.96. The quantitative estimate of drug-likeness (QED) is 0.847. The molecule has 0 bridgehead atoms. The highest BCUT2D eigenvalue weighted by molar-refractivity contribution is 5.94. The Kier molecular flexibility index (Phi) is 6.02. The third kappa shape index (κ3) is 4.47. The third-order valence-electron chi connectivity index (χ3n) is 4.58. The number of nitrogens with zero attached hydrogens (tertiary/aromatic N) is 1. The summed E-state index contributed by atoms with van der Waals surface area (Å²) in [5.41, 5.74) is 1.70. The lowest BCUT2D eigenvalue weighted by Crippen LogP contribution is -2.37. The molecule has 1 aromatic carbocycles. The van der Waals surface area contributed by atoms with Crippen molar-refractivity contribution in [1.82, 2.24) is 5.32 Å². The minimum atomic E-state index is -0.153. The molecule has 2 atom stereocenters. The zero-order chi connectivity index (χ0) is 16.8. The van der Waals surface area contributed by atoms with Gasteiger partial charge in [0.1, 0.15) is 0 Å². The number of hydrogen-bond donors (Lipinski definition) is 1.